The van der Waals surface area contributed by atoms with Gasteiger partial charge in [0, 0.05) is 44.7 Å². The van der Waals surface area contributed by atoms with E-state index >= 15 is 0 Å². The average Bonchev–Trinajstić information content (AvgIpc) is 2.94. The molecule has 0 unspecified atom stereocenters. The van der Waals surface area contributed by atoms with Gasteiger partial charge in [-0.25, -0.2) is 0 Å². The van der Waals surface area contributed by atoms with Gasteiger partial charge in [-0.15, -0.1) is 0 Å². The molecule has 40 heavy (non-hydrogen) atoms. The number of hydrogen-bond acceptors (Lipinski definition) is 7. The number of aliphatic hydroxyl groups is 1. The van der Waals surface area contributed by atoms with Crippen LogP contribution in [0.3, 0.4) is 0 Å². The third-order valence-electron chi connectivity index (χ3n) is 7.90. The molecule has 0 radical (unpaired) electrons. The van der Waals surface area contributed by atoms with E-state index in [2.05, 4.69) is 36.3 Å². The molecule has 9 heteroatoms. The van der Waals surface area contributed by atoms with Crippen LogP contribution in [0.1, 0.15) is 70.7 Å². The monoisotopic (exact) mass is 562 g/mol. The van der Waals surface area contributed by atoms with Gasteiger partial charge in [0.2, 0.25) is 5.91 Å². The van der Waals surface area contributed by atoms with Crippen LogP contribution in [0.15, 0.2) is 24.3 Å². The Morgan fingerprint density at radius 2 is 1.77 bits per heavy atom. The Morgan fingerprint density at radius 3 is 2.42 bits per heavy atom. The summed E-state index contributed by atoms with van der Waals surface area (Å²) in [6.07, 6.45) is 2.01. The van der Waals surface area contributed by atoms with E-state index in [0.717, 1.165) is 45.7 Å². The molecule has 2 amide bonds. The molecule has 9 nitrogen and oxygen atoms in total. The number of carbonyl (C=O) groups excluding carboxylic acids is 2. The number of carbonyl (C=O) groups is 2. The van der Waals surface area contributed by atoms with Crippen molar-refractivity contribution in [1.82, 2.24) is 15.5 Å². The third kappa shape index (κ3) is 11.7. The number of benzene rings is 1. The first-order valence-electron chi connectivity index (χ1n) is 15.1. The molecule has 0 bridgehead atoms. The number of amides is 2. The standard InChI is InChI=1S/C31H54N4O5/c1-6-7-12-33-31(38)26(23(4)5)20-28(36)27(32)19-24(22(2)3)21-34-30(37)25-10-8-9-11-29(25)40-18-15-35-13-16-39-17-14-35/h8-11,22-24,26-28,36H,6-7,12-21,32H2,1-5H3,(H,33,38)(H,34,37)/t24-,26+,27+,28+/m1/s1. The Kier molecular flexibility index (Phi) is 15.5. The molecule has 0 aliphatic carbocycles. The molecular weight excluding hydrogens is 508 g/mol. The maximum Gasteiger partial charge on any atom is 0.255 e. The molecule has 4 atom stereocenters. The fraction of sp³-hybridized carbons (Fsp3) is 0.742. The van der Waals surface area contributed by atoms with Crippen molar-refractivity contribution in [3.63, 3.8) is 0 Å². The number of nitrogens with two attached hydrogens (primary N) is 1. The van der Waals surface area contributed by atoms with E-state index in [1.807, 2.05) is 32.0 Å². The molecule has 1 saturated heterocycles. The molecule has 0 aromatic heterocycles. The lowest BCUT2D eigenvalue weighted by Gasteiger charge is -2.30. The zero-order valence-electron chi connectivity index (χ0n) is 25.4. The Labute approximate surface area is 241 Å². The molecule has 2 rings (SSSR count). The predicted molar refractivity (Wildman–Crippen MR) is 159 cm³/mol. The number of hydrogen-bond donors (Lipinski definition) is 4. The van der Waals surface area contributed by atoms with Gasteiger partial charge < -0.3 is 30.9 Å². The SMILES string of the molecule is CCCCNC(=O)[C@@H](C[C@H](O)[C@@H](N)C[C@H](CNC(=O)c1ccccc1OCCN1CCOCC1)C(C)C)C(C)C. The number of ether oxygens (including phenoxy) is 2. The van der Waals surface area contributed by atoms with Crippen LogP contribution < -0.4 is 21.1 Å². The molecule has 1 aromatic rings. The molecule has 228 valence electrons. The van der Waals surface area contributed by atoms with Crippen LogP contribution in [0.4, 0.5) is 0 Å². The maximum atomic E-state index is 13.1. The Morgan fingerprint density at radius 1 is 1.07 bits per heavy atom. The molecule has 0 saturated carbocycles. The molecular formula is C31H54N4O5. The highest BCUT2D eigenvalue weighted by atomic mass is 16.5. The number of nitrogens with zero attached hydrogens (tertiary/aromatic N) is 1. The second-order valence-corrected chi connectivity index (χ2v) is 11.7. The second kappa shape index (κ2) is 18.3. The predicted octanol–water partition coefficient (Wildman–Crippen LogP) is 3.06. The van der Waals surface area contributed by atoms with Gasteiger partial charge in [0.15, 0.2) is 0 Å². The van der Waals surface area contributed by atoms with Gasteiger partial charge in [0.05, 0.1) is 24.9 Å². The van der Waals surface area contributed by atoms with Crippen molar-refractivity contribution in [2.75, 3.05) is 52.5 Å². The molecule has 1 fully saturated rings. The van der Waals surface area contributed by atoms with E-state index in [0.29, 0.717) is 43.9 Å². The summed E-state index contributed by atoms with van der Waals surface area (Å²) in [5.41, 5.74) is 6.96. The van der Waals surface area contributed by atoms with Crippen LogP contribution in [0, 0.1) is 23.7 Å². The lowest BCUT2D eigenvalue weighted by molar-refractivity contribution is -0.127. The van der Waals surface area contributed by atoms with Crippen LogP contribution >= 0.6 is 0 Å². The van der Waals surface area contributed by atoms with Crippen molar-refractivity contribution >= 4 is 11.8 Å². The number of nitrogens with one attached hydrogen (secondary N) is 2. The van der Waals surface area contributed by atoms with Gasteiger partial charge >= 0.3 is 0 Å². The second-order valence-electron chi connectivity index (χ2n) is 11.7. The molecule has 1 aliphatic rings. The minimum Gasteiger partial charge on any atom is -0.491 e. The fourth-order valence-electron chi connectivity index (χ4n) is 4.94. The van der Waals surface area contributed by atoms with E-state index in [9.17, 15) is 14.7 Å². The van der Waals surface area contributed by atoms with E-state index in [-0.39, 0.29) is 35.5 Å². The molecule has 1 aromatic carbocycles. The van der Waals surface area contributed by atoms with E-state index in [4.69, 9.17) is 15.2 Å². The van der Waals surface area contributed by atoms with Crippen molar-refractivity contribution in [3.8, 4) is 5.75 Å². The first-order valence-corrected chi connectivity index (χ1v) is 15.1. The topological polar surface area (TPSA) is 126 Å². The lowest BCUT2D eigenvalue weighted by Crippen LogP contribution is -2.44. The third-order valence-corrected chi connectivity index (χ3v) is 7.90. The minimum atomic E-state index is -0.804. The fourth-order valence-corrected chi connectivity index (χ4v) is 4.94. The van der Waals surface area contributed by atoms with Gasteiger partial charge in [-0.2, -0.15) is 0 Å². The summed E-state index contributed by atoms with van der Waals surface area (Å²) in [7, 11) is 0. The largest absolute Gasteiger partial charge is 0.491 e. The van der Waals surface area contributed by atoms with Gasteiger partial charge in [0.25, 0.3) is 5.91 Å². The van der Waals surface area contributed by atoms with Gasteiger partial charge in [-0.1, -0.05) is 53.2 Å². The number of aliphatic hydroxyl groups excluding tert-OH is 1. The van der Waals surface area contributed by atoms with Crippen molar-refractivity contribution in [2.45, 2.75) is 72.4 Å². The van der Waals surface area contributed by atoms with Crippen LogP contribution in [-0.2, 0) is 9.53 Å². The summed E-state index contributed by atoms with van der Waals surface area (Å²) in [6, 6.07) is 6.80. The smallest absolute Gasteiger partial charge is 0.255 e. The number of unbranched alkanes of at least 4 members (excludes halogenated alkanes) is 1. The zero-order chi connectivity index (χ0) is 29.5. The van der Waals surface area contributed by atoms with E-state index < -0.39 is 12.1 Å². The van der Waals surface area contributed by atoms with Gasteiger partial charge in [-0.3, -0.25) is 14.5 Å². The van der Waals surface area contributed by atoms with Crippen molar-refractivity contribution in [1.29, 1.82) is 0 Å². The highest BCUT2D eigenvalue weighted by Crippen LogP contribution is 2.24. The van der Waals surface area contributed by atoms with Crippen LogP contribution in [-0.4, -0.2) is 86.5 Å². The van der Waals surface area contributed by atoms with E-state index in [1.54, 1.807) is 6.07 Å². The van der Waals surface area contributed by atoms with Crippen molar-refractivity contribution in [2.24, 2.45) is 29.4 Å². The summed E-state index contributed by atoms with van der Waals surface area (Å²) in [5, 5.41) is 17.0. The molecule has 5 N–H and O–H groups in total. The van der Waals surface area contributed by atoms with Gasteiger partial charge in [0.1, 0.15) is 12.4 Å². The Bertz CT molecular complexity index is 875. The summed E-state index contributed by atoms with van der Waals surface area (Å²) in [6.45, 7) is 15.9. The Balaban J connectivity index is 1.90. The van der Waals surface area contributed by atoms with E-state index in [1.165, 1.54) is 0 Å². The highest BCUT2D eigenvalue weighted by molar-refractivity contribution is 5.96. The first kappa shape index (κ1) is 34.0. The lowest BCUT2D eigenvalue weighted by atomic mass is 9.83. The average molecular weight is 563 g/mol. The highest BCUT2D eigenvalue weighted by Gasteiger charge is 2.29. The number of para-hydroxylation sites is 1. The summed E-state index contributed by atoms with van der Waals surface area (Å²) < 4.78 is 11.4. The molecule has 1 heterocycles. The summed E-state index contributed by atoms with van der Waals surface area (Å²) >= 11 is 0. The van der Waals surface area contributed by atoms with Crippen LogP contribution in [0.2, 0.25) is 0 Å². The quantitative estimate of drug-likeness (QED) is 0.203. The first-order chi connectivity index (χ1) is 19.1. The maximum absolute atomic E-state index is 13.1. The van der Waals surface area contributed by atoms with Crippen LogP contribution in [0.25, 0.3) is 0 Å². The zero-order valence-corrected chi connectivity index (χ0v) is 25.4. The number of morpholine rings is 1. The van der Waals surface area contributed by atoms with Crippen molar-refractivity contribution in [3.05, 3.63) is 29.8 Å². The molecule has 1 aliphatic heterocycles. The Hall–Kier alpha value is -2.20. The normalized spacial score (nSPS) is 17.3. The van der Waals surface area contributed by atoms with Gasteiger partial charge in [-0.05, 0) is 49.1 Å². The number of rotatable bonds is 18. The van der Waals surface area contributed by atoms with Crippen molar-refractivity contribution < 1.29 is 24.2 Å². The summed E-state index contributed by atoms with van der Waals surface area (Å²) in [5.74, 6) is 0.474. The van der Waals surface area contributed by atoms with Crippen LogP contribution in [0.5, 0.6) is 5.75 Å². The summed E-state index contributed by atoms with van der Waals surface area (Å²) in [4.78, 5) is 28.1. The molecule has 0 spiro atoms. The minimum absolute atomic E-state index is 0.0202.